The highest BCUT2D eigenvalue weighted by Crippen LogP contribution is 2.55. The first-order chi connectivity index (χ1) is 13.1. The average molecular weight is 360 g/mol. The number of rotatable bonds is 3. The molecule has 27 heavy (non-hydrogen) atoms. The number of allylic oxidation sites excluding steroid dienone is 2. The average Bonchev–Trinajstić information content (AvgIpc) is 2.72. The van der Waals surface area contributed by atoms with Gasteiger partial charge in [-0.3, -0.25) is 0 Å². The smallest absolute Gasteiger partial charge is 0.189 e. The van der Waals surface area contributed by atoms with Crippen LogP contribution in [0.25, 0.3) is 0 Å². The minimum Gasteiger partial charge on any atom is -0.493 e. The van der Waals surface area contributed by atoms with Crippen LogP contribution in [-0.2, 0) is 0 Å². The van der Waals surface area contributed by atoms with Gasteiger partial charge in [0, 0.05) is 5.92 Å². The number of nitrogens with zero attached hydrogens (tertiary/aromatic N) is 3. The molecule has 1 aromatic carbocycles. The molecule has 6 heteroatoms. The van der Waals surface area contributed by atoms with Crippen LogP contribution in [0.2, 0.25) is 0 Å². The Morgan fingerprint density at radius 1 is 1.11 bits per heavy atom. The van der Waals surface area contributed by atoms with Crippen LogP contribution < -0.4 is 9.47 Å². The minimum absolute atomic E-state index is 0.126. The van der Waals surface area contributed by atoms with E-state index in [4.69, 9.17) is 14.9 Å². The standard InChI is InChI=1S/C21H20N4O2/c1-26-17-8-7-13(9-18(17)27-2)19-15-6-4-3-5-14(15)16(10-22)20(25)21(19,11-23)12-24/h5,7-9,15-16,19,25H,3-4,6H2,1-2H3/t15-,16-,19-/m0/s1. The maximum absolute atomic E-state index is 9.98. The van der Waals surface area contributed by atoms with Gasteiger partial charge in [-0.25, -0.2) is 0 Å². The topological polar surface area (TPSA) is 114 Å². The molecule has 1 aromatic rings. The van der Waals surface area contributed by atoms with Gasteiger partial charge in [0.25, 0.3) is 0 Å². The molecule has 0 unspecified atom stereocenters. The molecule has 0 amide bonds. The molecule has 6 nitrogen and oxygen atoms in total. The van der Waals surface area contributed by atoms with Crippen molar-refractivity contribution in [2.75, 3.05) is 14.2 Å². The van der Waals surface area contributed by atoms with E-state index in [1.54, 1.807) is 19.2 Å². The van der Waals surface area contributed by atoms with Crippen LogP contribution in [0.5, 0.6) is 11.5 Å². The van der Waals surface area contributed by atoms with E-state index >= 15 is 0 Å². The molecular weight excluding hydrogens is 340 g/mol. The van der Waals surface area contributed by atoms with Crippen LogP contribution >= 0.6 is 0 Å². The molecule has 2 aliphatic carbocycles. The Bertz CT molecular complexity index is 915. The Balaban J connectivity index is 2.25. The molecule has 1 N–H and O–H groups in total. The lowest BCUT2D eigenvalue weighted by molar-refractivity contribution is 0.316. The molecular formula is C21H20N4O2. The van der Waals surface area contributed by atoms with Gasteiger partial charge in [-0.2, -0.15) is 15.8 Å². The Hall–Kier alpha value is -3.30. The van der Waals surface area contributed by atoms with Crippen molar-refractivity contribution in [3.8, 4) is 29.7 Å². The normalized spacial score (nSPS) is 25.8. The van der Waals surface area contributed by atoms with E-state index < -0.39 is 17.3 Å². The molecule has 3 rings (SSSR count). The molecule has 3 atom stereocenters. The number of nitriles is 3. The predicted octanol–water partition coefficient (Wildman–Crippen LogP) is 3.72. The molecule has 0 spiro atoms. The van der Waals surface area contributed by atoms with E-state index in [0.717, 1.165) is 30.4 Å². The molecule has 0 radical (unpaired) electrons. The zero-order valence-corrected chi connectivity index (χ0v) is 15.3. The third-order valence-electron chi connectivity index (χ3n) is 5.69. The van der Waals surface area contributed by atoms with Gasteiger partial charge in [0.15, 0.2) is 16.9 Å². The van der Waals surface area contributed by atoms with Crippen molar-refractivity contribution in [2.24, 2.45) is 17.3 Å². The van der Waals surface area contributed by atoms with E-state index in [9.17, 15) is 15.8 Å². The number of methoxy groups -OCH3 is 2. The Labute approximate surface area is 158 Å². The Kier molecular flexibility index (Phi) is 4.89. The number of ether oxygens (including phenoxy) is 2. The lowest BCUT2D eigenvalue weighted by Crippen LogP contribution is -2.48. The number of hydrogen-bond acceptors (Lipinski definition) is 6. The zero-order chi connectivity index (χ0) is 19.6. The Morgan fingerprint density at radius 3 is 2.41 bits per heavy atom. The molecule has 0 bridgehead atoms. The molecule has 0 aliphatic heterocycles. The van der Waals surface area contributed by atoms with Crippen molar-refractivity contribution in [3.63, 3.8) is 0 Å². The minimum atomic E-state index is -1.68. The van der Waals surface area contributed by atoms with Crippen molar-refractivity contribution in [3.05, 3.63) is 35.4 Å². The van der Waals surface area contributed by atoms with Crippen LogP contribution in [0.15, 0.2) is 29.8 Å². The van der Waals surface area contributed by atoms with Gasteiger partial charge in [0.2, 0.25) is 0 Å². The first kappa shape index (κ1) is 18.5. The van der Waals surface area contributed by atoms with E-state index in [1.807, 2.05) is 12.1 Å². The molecule has 1 fully saturated rings. The summed E-state index contributed by atoms with van der Waals surface area (Å²) in [5, 5.41) is 38.2. The van der Waals surface area contributed by atoms with Crippen molar-refractivity contribution >= 4 is 5.71 Å². The lowest BCUT2D eigenvalue weighted by atomic mass is 9.53. The maximum atomic E-state index is 9.98. The van der Waals surface area contributed by atoms with Crippen molar-refractivity contribution in [1.29, 1.82) is 21.2 Å². The number of fused-ring (bicyclic) bond motifs is 1. The van der Waals surface area contributed by atoms with Crippen LogP contribution in [0, 0.1) is 56.7 Å². The second-order valence-electron chi connectivity index (χ2n) is 6.84. The monoisotopic (exact) mass is 360 g/mol. The van der Waals surface area contributed by atoms with Gasteiger partial charge in [-0.15, -0.1) is 0 Å². The fraction of sp³-hybridized carbons (Fsp3) is 0.429. The van der Waals surface area contributed by atoms with Crippen LogP contribution in [0.3, 0.4) is 0 Å². The van der Waals surface area contributed by atoms with E-state index in [0.29, 0.717) is 11.5 Å². The molecule has 0 saturated heterocycles. The van der Waals surface area contributed by atoms with Crippen molar-refractivity contribution in [2.45, 2.75) is 25.2 Å². The molecule has 0 aromatic heterocycles. The summed E-state index contributed by atoms with van der Waals surface area (Å²) in [5.41, 5.74) is -0.192. The largest absolute Gasteiger partial charge is 0.493 e. The van der Waals surface area contributed by atoms with Gasteiger partial charge >= 0.3 is 0 Å². The first-order valence-corrected chi connectivity index (χ1v) is 8.80. The Morgan fingerprint density at radius 2 is 1.81 bits per heavy atom. The molecule has 2 aliphatic rings. The van der Waals surface area contributed by atoms with Crippen LogP contribution in [-0.4, -0.2) is 19.9 Å². The summed E-state index contributed by atoms with van der Waals surface area (Å²) in [5.74, 6) is -0.409. The fourth-order valence-corrected chi connectivity index (χ4v) is 4.43. The van der Waals surface area contributed by atoms with Crippen LogP contribution in [0.4, 0.5) is 0 Å². The summed E-state index contributed by atoms with van der Waals surface area (Å²) in [6, 6.07) is 11.7. The van der Waals surface area contributed by atoms with Gasteiger partial charge < -0.3 is 14.9 Å². The van der Waals surface area contributed by atoms with Crippen LogP contribution in [0.1, 0.15) is 30.7 Å². The highest BCUT2D eigenvalue weighted by atomic mass is 16.5. The van der Waals surface area contributed by atoms with Gasteiger partial charge in [0.1, 0.15) is 5.92 Å². The maximum Gasteiger partial charge on any atom is 0.189 e. The summed E-state index contributed by atoms with van der Waals surface area (Å²) in [7, 11) is 3.08. The summed E-state index contributed by atoms with van der Waals surface area (Å²) in [6.07, 6.45) is 4.57. The second-order valence-corrected chi connectivity index (χ2v) is 6.84. The van der Waals surface area contributed by atoms with E-state index in [2.05, 4.69) is 18.2 Å². The summed E-state index contributed by atoms with van der Waals surface area (Å²) < 4.78 is 10.7. The van der Waals surface area contributed by atoms with Crippen molar-refractivity contribution in [1.82, 2.24) is 0 Å². The quantitative estimate of drug-likeness (QED) is 0.825. The summed E-state index contributed by atoms with van der Waals surface area (Å²) in [6.45, 7) is 0. The molecule has 136 valence electrons. The summed E-state index contributed by atoms with van der Waals surface area (Å²) >= 11 is 0. The molecule has 1 saturated carbocycles. The second kappa shape index (κ2) is 7.14. The van der Waals surface area contributed by atoms with Gasteiger partial charge in [0.05, 0.1) is 38.1 Å². The van der Waals surface area contributed by atoms with E-state index in [-0.39, 0.29) is 11.6 Å². The number of hydrogen-bond donors (Lipinski definition) is 1. The summed E-state index contributed by atoms with van der Waals surface area (Å²) in [4.78, 5) is 0. The highest BCUT2D eigenvalue weighted by Gasteiger charge is 2.57. The van der Waals surface area contributed by atoms with E-state index in [1.165, 1.54) is 7.11 Å². The molecule has 0 heterocycles. The zero-order valence-electron chi connectivity index (χ0n) is 15.3. The SMILES string of the molecule is COc1ccc([C@H]2[C@H]3CCCC=C3[C@H](C#N)C(=N)C2(C#N)C#N)cc1OC. The third-order valence-corrected chi connectivity index (χ3v) is 5.69. The lowest BCUT2D eigenvalue weighted by Gasteiger charge is -2.45. The van der Waals surface area contributed by atoms with Gasteiger partial charge in [-0.05, 0) is 48.4 Å². The fourth-order valence-electron chi connectivity index (χ4n) is 4.43. The predicted molar refractivity (Wildman–Crippen MR) is 98.2 cm³/mol. The first-order valence-electron chi connectivity index (χ1n) is 8.80. The van der Waals surface area contributed by atoms with Crippen molar-refractivity contribution < 1.29 is 9.47 Å². The van der Waals surface area contributed by atoms with Gasteiger partial charge in [-0.1, -0.05) is 12.1 Å². The number of benzene rings is 1. The highest BCUT2D eigenvalue weighted by molar-refractivity contribution is 6.00. The third kappa shape index (κ3) is 2.64. The number of nitrogens with one attached hydrogen (secondary N) is 1.